The summed E-state index contributed by atoms with van der Waals surface area (Å²) in [5, 5.41) is 4.08. The lowest BCUT2D eigenvalue weighted by atomic mass is 10.1. The highest BCUT2D eigenvalue weighted by Gasteiger charge is 2.05. The van der Waals surface area contributed by atoms with Crippen molar-refractivity contribution in [2.45, 2.75) is 20.8 Å². The van der Waals surface area contributed by atoms with Crippen LogP contribution in [0, 0.1) is 13.8 Å². The minimum absolute atomic E-state index is 0.0597. The molecule has 0 saturated heterocycles. The van der Waals surface area contributed by atoms with Gasteiger partial charge in [0.25, 0.3) is 5.91 Å². The van der Waals surface area contributed by atoms with Crippen LogP contribution in [0.15, 0.2) is 53.6 Å². The third kappa shape index (κ3) is 4.45. The van der Waals surface area contributed by atoms with Gasteiger partial charge in [0, 0.05) is 0 Å². The van der Waals surface area contributed by atoms with Crippen LogP contribution in [-0.4, -0.2) is 18.2 Å². The van der Waals surface area contributed by atoms with E-state index in [9.17, 15) is 4.79 Å². The SMILES string of the molecule is C/C(=N/NC(=O)COc1cc(C)ccc1C)c1ccccc1. The van der Waals surface area contributed by atoms with Crippen LogP contribution in [0.3, 0.4) is 0 Å². The zero-order valence-corrected chi connectivity index (χ0v) is 13.1. The Morgan fingerprint density at radius 1 is 1.14 bits per heavy atom. The lowest BCUT2D eigenvalue weighted by molar-refractivity contribution is -0.123. The molecule has 1 N–H and O–H groups in total. The number of nitrogens with one attached hydrogen (secondary N) is 1. The number of amides is 1. The Morgan fingerprint density at radius 3 is 2.59 bits per heavy atom. The minimum Gasteiger partial charge on any atom is -0.483 e. The Bertz CT molecular complexity index is 679. The number of hydrazone groups is 1. The summed E-state index contributed by atoms with van der Waals surface area (Å²) in [5.74, 6) is 0.440. The molecular weight excluding hydrogens is 276 g/mol. The van der Waals surface area contributed by atoms with Gasteiger partial charge in [-0.1, -0.05) is 42.5 Å². The van der Waals surface area contributed by atoms with Crippen molar-refractivity contribution in [1.29, 1.82) is 0 Å². The van der Waals surface area contributed by atoms with Gasteiger partial charge in [0.15, 0.2) is 6.61 Å². The van der Waals surface area contributed by atoms with Crippen molar-refractivity contribution in [2.24, 2.45) is 5.10 Å². The van der Waals surface area contributed by atoms with Crippen LogP contribution >= 0.6 is 0 Å². The van der Waals surface area contributed by atoms with Gasteiger partial charge in [0.1, 0.15) is 5.75 Å². The van der Waals surface area contributed by atoms with Crippen LogP contribution in [0.5, 0.6) is 5.75 Å². The highest BCUT2D eigenvalue weighted by Crippen LogP contribution is 2.18. The number of carbonyl (C=O) groups is 1. The van der Waals surface area contributed by atoms with Crippen molar-refractivity contribution in [2.75, 3.05) is 6.61 Å². The molecule has 114 valence electrons. The van der Waals surface area contributed by atoms with E-state index >= 15 is 0 Å². The van der Waals surface area contributed by atoms with Gasteiger partial charge in [0.05, 0.1) is 5.71 Å². The quantitative estimate of drug-likeness (QED) is 0.680. The summed E-state index contributed by atoms with van der Waals surface area (Å²) in [5.41, 5.74) is 6.33. The summed E-state index contributed by atoms with van der Waals surface area (Å²) in [4.78, 5) is 11.8. The molecule has 0 fully saturated rings. The molecule has 0 aliphatic carbocycles. The summed E-state index contributed by atoms with van der Waals surface area (Å²) in [7, 11) is 0. The number of nitrogens with zero attached hydrogens (tertiary/aromatic N) is 1. The van der Waals surface area contributed by atoms with Crippen molar-refractivity contribution < 1.29 is 9.53 Å². The molecule has 0 saturated carbocycles. The van der Waals surface area contributed by atoms with E-state index in [1.165, 1.54) is 0 Å². The van der Waals surface area contributed by atoms with E-state index in [2.05, 4.69) is 10.5 Å². The monoisotopic (exact) mass is 296 g/mol. The first kappa shape index (κ1) is 15.8. The Hall–Kier alpha value is -2.62. The lowest BCUT2D eigenvalue weighted by Crippen LogP contribution is -2.25. The van der Waals surface area contributed by atoms with Crippen molar-refractivity contribution in [3.63, 3.8) is 0 Å². The van der Waals surface area contributed by atoms with Gasteiger partial charge >= 0.3 is 0 Å². The van der Waals surface area contributed by atoms with E-state index in [1.807, 2.05) is 69.3 Å². The number of aryl methyl sites for hydroxylation is 2. The van der Waals surface area contributed by atoms with Crippen molar-refractivity contribution in [3.8, 4) is 5.75 Å². The van der Waals surface area contributed by atoms with Gasteiger partial charge in [-0.25, -0.2) is 5.43 Å². The standard InChI is InChI=1S/C18H20N2O2/c1-13-9-10-14(2)17(11-13)22-12-18(21)20-19-15(3)16-7-5-4-6-8-16/h4-11H,12H2,1-3H3,(H,20,21)/b19-15-. The van der Waals surface area contributed by atoms with Gasteiger partial charge in [-0.2, -0.15) is 5.10 Å². The first-order chi connectivity index (χ1) is 10.6. The average Bonchev–Trinajstić information content (AvgIpc) is 2.54. The fraction of sp³-hybridized carbons (Fsp3) is 0.222. The molecule has 4 heteroatoms. The highest BCUT2D eigenvalue weighted by molar-refractivity contribution is 5.99. The first-order valence-electron chi connectivity index (χ1n) is 7.15. The molecule has 2 rings (SSSR count). The molecule has 22 heavy (non-hydrogen) atoms. The number of ether oxygens (including phenoxy) is 1. The molecule has 0 radical (unpaired) electrons. The second kappa shape index (κ2) is 7.41. The molecule has 0 heterocycles. The number of rotatable bonds is 5. The van der Waals surface area contributed by atoms with Gasteiger partial charge in [0.2, 0.25) is 0 Å². The maximum Gasteiger partial charge on any atom is 0.277 e. The van der Waals surface area contributed by atoms with E-state index in [0.717, 1.165) is 28.2 Å². The normalized spacial score (nSPS) is 11.1. The first-order valence-corrected chi connectivity index (χ1v) is 7.15. The van der Waals surface area contributed by atoms with Crippen LogP contribution in [0.1, 0.15) is 23.6 Å². The van der Waals surface area contributed by atoms with Gasteiger partial charge in [-0.05, 0) is 43.5 Å². The lowest BCUT2D eigenvalue weighted by Gasteiger charge is -2.09. The van der Waals surface area contributed by atoms with Crippen LogP contribution < -0.4 is 10.2 Å². The Morgan fingerprint density at radius 2 is 1.86 bits per heavy atom. The second-order valence-electron chi connectivity index (χ2n) is 5.16. The summed E-state index contributed by atoms with van der Waals surface area (Å²) >= 11 is 0. The zero-order chi connectivity index (χ0) is 15.9. The number of benzene rings is 2. The van der Waals surface area contributed by atoms with E-state index < -0.39 is 0 Å². The predicted molar refractivity (Wildman–Crippen MR) is 88.2 cm³/mol. The Balaban J connectivity index is 1.89. The summed E-state index contributed by atoms with van der Waals surface area (Å²) in [6.45, 7) is 5.72. The molecule has 0 aliphatic rings. The van der Waals surface area contributed by atoms with Crippen molar-refractivity contribution >= 4 is 11.6 Å². The summed E-state index contributed by atoms with van der Waals surface area (Å²) in [6, 6.07) is 15.6. The van der Waals surface area contributed by atoms with Crippen LogP contribution in [-0.2, 0) is 4.79 Å². The van der Waals surface area contributed by atoms with Gasteiger partial charge < -0.3 is 4.74 Å². The fourth-order valence-corrected chi connectivity index (χ4v) is 1.93. The minimum atomic E-state index is -0.281. The summed E-state index contributed by atoms with van der Waals surface area (Å²) < 4.78 is 5.54. The third-order valence-electron chi connectivity index (χ3n) is 3.24. The van der Waals surface area contributed by atoms with Crippen molar-refractivity contribution in [3.05, 3.63) is 65.2 Å². The Kier molecular flexibility index (Phi) is 5.31. The maximum absolute atomic E-state index is 11.8. The fourth-order valence-electron chi connectivity index (χ4n) is 1.93. The molecule has 0 spiro atoms. The molecular formula is C18H20N2O2. The molecule has 2 aromatic rings. The van der Waals surface area contributed by atoms with E-state index in [4.69, 9.17) is 4.74 Å². The average molecular weight is 296 g/mol. The van der Waals surface area contributed by atoms with Crippen LogP contribution in [0.2, 0.25) is 0 Å². The Labute approximate surface area is 130 Å². The molecule has 2 aromatic carbocycles. The molecule has 4 nitrogen and oxygen atoms in total. The number of carbonyl (C=O) groups excluding carboxylic acids is 1. The molecule has 0 aliphatic heterocycles. The van der Waals surface area contributed by atoms with Gasteiger partial charge in [-0.3, -0.25) is 4.79 Å². The third-order valence-corrected chi connectivity index (χ3v) is 3.24. The molecule has 0 bridgehead atoms. The summed E-state index contributed by atoms with van der Waals surface area (Å²) in [6.07, 6.45) is 0. The molecule has 0 atom stereocenters. The molecule has 0 unspecified atom stereocenters. The van der Waals surface area contributed by atoms with Crippen molar-refractivity contribution in [1.82, 2.24) is 5.43 Å². The van der Waals surface area contributed by atoms with Crippen LogP contribution in [0.4, 0.5) is 0 Å². The largest absolute Gasteiger partial charge is 0.483 e. The van der Waals surface area contributed by atoms with Gasteiger partial charge in [-0.15, -0.1) is 0 Å². The van der Waals surface area contributed by atoms with Crippen LogP contribution in [0.25, 0.3) is 0 Å². The second-order valence-corrected chi connectivity index (χ2v) is 5.16. The highest BCUT2D eigenvalue weighted by atomic mass is 16.5. The smallest absolute Gasteiger partial charge is 0.277 e. The molecule has 1 amide bonds. The predicted octanol–water partition coefficient (Wildman–Crippen LogP) is 3.22. The number of hydrogen-bond acceptors (Lipinski definition) is 3. The maximum atomic E-state index is 11.8. The topological polar surface area (TPSA) is 50.7 Å². The van der Waals surface area contributed by atoms with E-state index in [-0.39, 0.29) is 12.5 Å². The zero-order valence-electron chi connectivity index (χ0n) is 13.1. The molecule has 0 aromatic heterocycles. The number of hydrogen-bond donors (Lipinski definition) is 1. The van der Waals surface area contributed by atoms with E-state index in [0.29, 0.717) is 0 Å². The van der Waals surface area contributed by atoms with E-state index in [1.54, 1.807) is 0 Å².